The average Bonchev–Trinajstić information content (AvgIpc) is 2.25. The smallest absolute Gasteiger partial charge is 0.433 e. The molecule has 0 saturated carbocycles. The fourth-order valence-corrected chi connectivity index (χ4v) is 1.55. The molecule has 0 radical (unpaired) electrons. The number of benzene rings is 1. The summed E-state index contributed by atoms with van der Waals surface area (Å²) in [6.07, 6.45) is -0.516. The highest BCUT2D eigenvalue weighted by Gasteiger charge is 2.13. The molecule has 0 unspecified atom stereocenters. The third kappa shape index (κ3) is 3.53. The molecule has 0 spiro atoms. The van der Waals surface area contributed by atoms with E-state index in [0.717, 1.165) is 15.1 Å². The van der Waals surface area contributed by atoms with Gasteiger partial charge in [-0.15, -0.1) is 0 Å². The van der Waals surface area contributed by atoms with Crippen LogP contribution in [0.5, 0.6) is 0 Å². The van der Waals surface area contributed by atoms with E-state index in [2.05, 4.69) is 20.7 Å². The van der Waals surface area contributed by atoms with Gasteiger partial charge in [0, 0.05) is 4.47 Å². The number of hydrogen-bond donors (Lipinski definition) is 0. The number of methoxy groups -OCH3 is 1. The van der Waals surface area contributed by atoms with E-state index in [4.69, 9.17) is 4.84 Å². The highest BCUT2D eigenvalue weighted by Crippen LogP contribution is 2.13. The second kappa shape index (κ2) is 5.72. The Morgan fingerprint density at radius 1 is 1.47 bits per heavy atom. The van der Waals surface area contributed by atoms with Gasteiger partial charge in [-0.3, -0.25) is 4.84 Å². The number of ether oxygens (including phenoxy) is 1. The van der Waals surface area contributed by atoms with Crippen LogP contribution in [0.1, 0.15) is 5.56 Å². The van der Waals surface area contributed by atoms with Crippen molar-refractivity contribution in [2.24, 2.45) is 0 Å². The second-order valence-electron chi connectivity index (χ2n) is 2.82. The minimum absolute atomic E-state index is 0.350. The molecule has 0 bridgehead atoms. The molecule has 1 amide bonds. The maximum Gasteiger partial charge on any atom is 0.433 e. The Labute approximate surface area is 96.9 Å². The van der Waals surface area contributed by atoms with Crippen LogP contribution in [0.3, 0.4) is 0 Å². The zero-order valence-electron chi connectivity index (χ0n) is 8.57. The quantitative estimate of drug-likeness (QED) is 0.795. The number of amides is 1. The summed E-state index contributed by atoms with van der Waals surface area (Å²) >= 11 is 3.35. The normalized spacial score (nSPS) is 9.80. The van der Waals surface area contributed by atoms with Crippen molar-refractivity contribution >= 4 is 22.0 Å². The SMILES string of the molecule is COC(=O)N(Cc1cccc(Br)c1)OC. The molecule has 0 N–H and O–H groups in total. The molecule has 0 aliphatic rings. The molecule has 0 aromatic heterocycles. The van der Waals surface area contributed by atoms with Crippen LogP contribution in [-0.4, -0.2) is 25.4 Å². The maximum atomic E-state index is 11.2. The van der Waals surface area contributed by atoms with Crippen LogP contribution in [0.15, 0.2) is 28.7 Å². The lowest BCUT2D eigenvalue weighted by atomic mass is 10.2. The maximum absolute atomic E-state index is 11.2. The largest absolute Gasteiger partial charge is 0.451 e. The highest BCUT2D eigenvalue weighted by molar-refractivity contribution is 9.10. The van der Waals surface area contributed by atoms with E-state index in [1.807, 2.05) is 24.3 Å². The number of rotatable bonds is 3. The summed E-state index contributed by atoms with van der Waals surface area (Å²) in [4.78, 5) is 16.1. The fourth-order valence-electron chi connectivity index (χ4n) is 1.11. The van der Waals surface area contributed by atoms with Crippen LogP contribution in [-0.2, 0) is 16.1 Å². The van der Waals surface area contributed by atoms with Gasteiger partial charge in [-0.25, -0.2) is 4.79 Å². The van der Waals surface area contributed by atoms with E-state index in [1.165, 1.54) is 14.2 Å². The molecule has 0 aliphatic carbocycles. The Kier molecular flexibility index (Phi) is 4.58. The number of halogens is 1. The monoisotopic (exact) mass is 273 g/mol. The summed E-state index contributed by atoms with van der Waals surface area (Å²) in [5.41, 5.74) is 0.955. The summed E-state index contributed by atoms with van der Waals surface area (Å²) < 4.78 is 5.52. The molecule has 1 aromatic carbocycles. The van der Waals surface area contributed by atoms with Crippen molar-refractivity contribution in [1.29, 1.82) is 0 Å². The first kappa shape index (κ1) is 12.0. The average molecular weight is 274 g/mol. The molecule has 5 heteroatoms. The molecule has 1 rings (SSSR count). The lowest BCUT2D eigenvalue weighted by molar-refractivity contribution is -0.113. The third-order valence-electron chi connectivity index (χ3n) is 1.81. The molecule has 0 aliphatic heterocycles. The summed E-state index contributed by atoms with van der Waals surface area (Å²) in [6.45, 7) is 0.350. The molecule has 0 saturated heterocycles. The van der Waals surface area contributed by atoms with E-state index in [0.29, 0.717) is 6.54 Å². The van der Waals surface area contributed by atoms with Crippen LogP contribution in [0, 0.1) is 0 Å². The van der Waals surface area contributed by atoms with E-state index >= 15 is 0 Å². The summed E-state index contributed by atoms with van der Waals surface area (Å²) in [5.74, 6) is 0. The van der Waals surface area contributed by atoms with Gasteiger partial charge in [0.1, 0.15) is 0 Å². The molecular formula is C10H12BrNO3. The van der Waals surface area contributed by atoms with Gasteiger partial charge in [0.15, 0.2) is 0 Å². The van der Waals surface area contributed by atoms with Gasteiger partial charge >= 0.3 is 6.09 Å². The van der Waals surface area contributed by atoms with Crippen LogP contribution in [0.2, 0.25) is 0 Å². The summed E-state index contributed by atoms with van der Waals surface area (Å²) in [5, 5.41) is 1.14. The van der Waals surface area contributed by atoms with Crippen molar-refractivity contribution in [2.45, 2.75) is 6.54 Å². The number of carbonyl (C=O) groups excluding carboxylic acids is 1. The molecule has 0 heterocycles. The van der Waals surface area contributed by atoms with Crippen LogP contribution in [0.4, 0.5) is 4.79 Å². The van der Waals surface area contributed by atoms with Crippen LogP contribution >= 0.6 is 15.9 Å². The molecule has 0 fully saturated rings. The number of carbonyl (C=O) groups is 1. The van der Waals surface area contributed by atoms with Gasteiger partial charge in [0.25, 0.3) is 0 Å². The molecular weight excluding hydrogens is 262 g/mol. The minimum Gasteiger partial charge on any atom is -0.451 e. The van der Waals surface area contributed by atoms with Gasteiger partial charge in [0.2, 0.25) is 0 Å². The zero-order chi connectivity index (χ0) is 11.3. The number of hydrogen-bond acceptors (Lipinski definition) is 3. The van der Waals surface area contributed by atoms with Crippen LogP contribution < -0.4 is 0 Å². The Bertz CT molecular complexity index is 343. The minimum atomic E-state index is -0.516. The standard InChI is InChI=1S/C10H12BrNO3/c1-14-10(13)12(15-2)7-8-4-3-5-9(11)6-8/h3-6H,7H2,1-2H3. The van der Waals surface area contributed by atoms with Crippen molar-refractivity contribution < 1.29 is 14.4 Å². The van der Waals surface area contributed by atoms with Crippen molar-refractivity contribution in [3.05, 3.63) is 34.3 Å². The number of hydroxylamine groups is 2. The van der Waals surface area contributed by atoms with Gasteiger partial charge < -0.3 is 4.74 Å². The first-order valence-corrected chi connectivity index (χ1v) is 5.10. The van der Waals surface area contributed by atoms with Crippen molar-refractivity contribution in [1.82, 2.24) is 5.06 Å². The van der Waals surface area contributed by atoms with E-state index in [1.54, 1.807) is 0 Å². The Hall–Kier alpha value is -1.07. The van der Waals surface area contributed by atoms with Gasteiger partial charge in [-0.05, 0) is 17.7 Å². The lowest BCUT2D eigenvalue weighted by Gasteiger charge is -2.17. The molecule has 1 aromatic rings. The zero-order valence-corrected chi connectivity index (χ0v) is 10.2. The molecule has 15 heavy (non-hydrogen) atoms. The van der Waals surface area contributed by atoms with Gasteiger partial charge in [-0.1, -0.05) is 28.1 Å². The van der Waals surface area contributed by atoms with Gasteiger partial charge in [0.05, 0.1) is 20.8 Å². The Balaban J connectivity index is 2.70. The topological polar surface area (TPSA) is 38.8 Å². The van der Waals surface area contributed by atoms with E-state index in [-0.39, 0.29) is 0 Å². The predicted molar refractivity (Wildman–Crippen MR) is 59.1 cm³/mol. The fraction of sp³-hybridized carbons (Fsp3) is 0.300. The van der Waals surface area contributed by atoms with Crippen molar-refractivity contribution in [3.63, 3.8) is 0 Å². The molecule has 82 valence electrons. The Morgan fingerprint density at radius 2 is 2.20 bits per heavy atom. The summed E-state index contributed by atoms with van der Waals surface area (Å²) in [6, 6.07) is 7.62. The Morgan fingerprint density at radius 3 is 2.73 bits per heavy atom. The predicted octanol–water partition coefficient (Wildman–Crippen LogP) is 2.58. The highest BCUT2D eigenvalue weighted by atomic mass is 79.9. The van der Waals surface area contributed by atoms with Crippen LogP contribution in [0.25, 0.3) is 0 Å². The second-order valence-corrected chi connectivity index (χ2v) is 3.73. The van der Waals surface area contributed by atoms with E-state index < -0.39 is 6.09 Å². The first-order chi connectivity index (χ1) is 7.17. The first-order valence-electron chi connectivity index (χ1n) is 4.31. The van der Waals surface area contributed by atoms with E-state index in [9.17, 15) is 4.79 Å². The van der Waals surface area contributed by atoms with Gasteiger partial charge in [-0.2, -0.15) is 5.06 Å². The third-order valence-corrected chi connectivity index (χ3v) is 2.31. The lowest BCUT2D eigenvalue weighted by Crippen LogP contribution is -2.29. The number of nitrogens with zero attached hydrogens (tertiary/aromatic N) is 1. The molecule has 0 atom stereocenters. The summed E-state index contributed by atoms with van der Waals surface area (Å²) in [7, 11) is 2.74. The van der Waals surface area contributed by atoms with Crippen molar-refractivity contribution in [2.75, 3.05) is 14.2 Å². The van der Waals surface area contributed by atoms with Crippen molar-refractivity contribution in [3.8, 4) is 0 Å². The molecule has 4 nitrogen and oxygen atoms in total.